The number of esters is 2. The van der Waals surface area contributed by atoms with Crippen molar-refractivity contribution < 1.29 is 28.6 Å². The zero-order valence-electron chi connectivity index (χ0n) is 13.9. The van der Waals surface area contributed by atoms with Gasteiger partial charge in [-0.25, -0.2) is 9.59 Å². The van der Waals surface area contributed by atoms with Crippen LogP contribution in [0.25, 0.3) is 5.53 Å². The maximum absolute atomic E-state index is 12.7. The summed E-state index contributed by atoms with van der Waals surface area (Å²) in [5, 5.41) is 0. The van der Waals surface area contributed by atoms with Crippen molar-refractivity contribution in [3.63, 3.8) is 0 Å². The standard InChI is InChI=1S/C16H21N3O5/c1-3-23-15(21)11-12(18-17)14(20)19(10-8-6-5-7-9-10)13(11)16(22)24-4-2/h10H,3-9H2,1-2H3. The lowest BCUT2D eigenvalue weighted by molar-refractivity contribution is -0.144. The number of hydrogen-bond acceptors (Lipinski definition) is 5. The zero-order chi connectivity index (χ0) is 17.7. The molecule has 0 atom stereocenters. The van der Waals surface area contributed by atoms with E-state index in [2.05, 4.69) is 4.79 Å². The Labute approximate surface area is 140 Å². The fourth-order valence-electron chi connectivity index (χ4n) is 3.13. The molecular formula is C16H21N3O5. The largest absolute Gasteiger partial charge is 0.462 e. The number of nitrogens with zero attached hydrogens (tertiary/aromatic N) is 3. The van der Waals surface area contributed by atoms with Gasteiger partial charge in [-0.3, -0.25) is 9.69 Å². The van der Waals surface area contributed by atoms with Gasteiger partial charge in [-0.15, -0.1) is 0 Å². The van der Waals surface area contributed by atoms with Gasteiger partial charge in [-0.1, -0.05) is 19.3 Å². The van der Waals surface area contributed by atoms with Gasteiger partial charge in [0, 0.05) is 6.04 Å². The molecule has 1 aliphatic heterocycles. The van der Waals surface area contributed by atoms with Gasteiger partial charge in [-0.2, -0.15) is 4.79 Å². The fourth-order valence-corrected chi connectivity index (χ4v) is 3.13. The van der Waals surface area contributed by atoms with E-state index in [0.29, 0.717) is 12.8 Å². The van der Waals surface area contributed by atoms with E-state index < -0.39 is 23.6 Å². The number of ether oxygens (including phenoxy) is 2. The molecule has 0 aromatic rings. The summed E-state index contributed by atoms with van der Waals surface area (Å²) in [5.74, 6) is -2.34. The molecule has 8 nitrogen and oxygen atoms in total. The van der Waals surface area contributed by atoms with Gasteiger partial charge in [0.25, 0.3) is 0 Å². The fraction of sp³-hybridized carbons (Fsp3) is 0.625. The molecule has 1 fully saturated rings. The van der Waals surface area contributed by atoms with Crippen molar-refractivity contribution in [1.82, 2.24) is 4.90 Å². The quantitative estimate of drug-likeness (QED) is 0.426. The van der Waals surface area contributed by atoms with Gasteiger partial charge in [0.1, 0.15) is 0 Å². The monoisotopic (exact) mass is 335 g/mol. The second-order valence-corrected chi connectivity index (χ2v) is 5.58. The predicted octanol–water partition coefficient (Wildman–Crippen LogP) is 1.21. The molecule has 0 aromatic carbocycles. The molecule has 1 aliphatic carbocycles. The van der Waals surface area contributed by atoms with Crippen LogP contribution in [0.5, 0.6) is 0 Å². The van der Waals surface area contributed by atoms with Crippen molar-refractivity contribution in [2.24, 2.45) is 0 Å². The molecule has 0 spiro atoms. The van der Waals surface area contributed by atoms with Crippen molar-refractivity contribution in [3.8, 4) is 0 Å². The van der Waals surface area contributed by atoms with Gasteiger partial charge in [0.2, 0.25) is 0 Å². The summed E-state index contributed by atoms with van der Waals surface area (Å²) in [6.45, 7) is 3.39. The highest BCUT2D eigenvalue weighted by atomic mass is 16.5. The number of rotatable bonds is 5. The first-order valence-corrected chi connectivity index (χ1v) is 8.21. The Hall–Kier alpha value is -2.47. The molecule has 0 bridgehead atoms. The summed E-state index contributed by atoms with van der Waals surface area (Å²) >= 11 is 0. The van der Waals surface area contributed by atoms with Crippen LogP contribution in [0.2, 0.25) is 0 Å². The van der Waals surface area contributed by atoms with Crippen molar-refractivity contribution in [2.75, 3.05) is 13.2 Å². The number of amides is 1. The van der Waals surface area contributed by atoms with Crippen molar-refractivity contribution in [1.29, 1.82) is 0 Å². The van der Waals surface area contributed by atoms with Gasteiger partial charge >= 0.3 is 23.6 Å². The van der Waals surface area contributed by atoms with Gasteiger partial charge in [-0.05, 0) is 26.7 Å². The van der Waals surface area contributed by atoms with Gasteiger partial charge in [0.05, 0.1) is 13.2 Å². The molecule has 24 heavy (non-hydrogen) atoms. The molecule has 130 valence electrons. The molecular weight excluding hydrogens is 314 g/mol. The van der Waals surface area contributed by atoms with Crippen molar-refractivity contribution >= 4 is 23.6 Å². The van der Waals surface area contributed by atoms with E-state index in [0.717, 1.165) is 19.3 Å². The highest BCUT2D eigenvalue weighted by Gasteiger charge is 2.52. The Morgan fingerprint density at radius 2 is 1.71 bits per heavy atom. The maximum Gasteiger partial charge on any atom is 0.396 e. The molecule has 0 saturated heterocycles. The summed E-state index contributed by atoms with van der Waals surface area (Å²) in [4.78, 5) is 41.5. The molecule has 0 radical (unpaired) electrons. The van der Waals surface area contributed by atoms with Crippen molar-refractivity contribution in [2.45, 2.75) is 52.0 Å². The smallest absolute Gasteiger partial charge is 0.396 e. The van der Waals surface area contributed by atoms with Crippen LogP contribution in [0.3, 0.4) is 0 Å². The second-order valence-electron chi connectivity index (χ2n) is 5.58. The van der Waals surface area contributed by atoms with Crippen molar-refractivity contribution in [3.05, 3.63) is 16.8 Å². The SMILES string of the molecule is CCOC(=O)C1=C(C(=O)OCC)N(C2CCCCC2)C(=O)C1=[N+]=[N-]. The summed E-state index contributed by atoms with van der Waals surface area (Å²) in [5.41, 5.74) is 8.24. The summed E-state index contributed by atoms with van der Waals surface area (Å²) in [6.07, 6.45) is 4.32. The highest BCUT2D eigenvalue weighted by Crippen LogP contribution is 2.32. The Bertz CT molecular complexity index is 628. The molecule has 1 heterocycles. The van der Waals surface area contributed by atoms with Gasteiger partial charge in [0.15, 0.2) is 11.3 Å². The summed E-state index contributed by atoms with van der Waals surface area (Å²) in [6, 6.07) is -0.227. The number of carbonyl (C=O) groups excluding carboxylic acids is 3. The number of hydrogen-bond donors (Lipinski definition) is 0. The van der Waals surface area contributed by atoms with Crippen LogP contribution in [0.4, 0.5) is 0 Å². The topological polar surface area (TPSA) is 109 Å². The van der Waals surface area contributed by atoms with E-state index >= 15 is 0 Å². The third-order valence-electron chi connectivity index (χ3n) is 4.12. The average molecular weight is 335 g/mol. The van der Waals surface area contributed by atoms with Crippen LogP contribution in [0.1, 0.15) is 46.0 Å². The molecule has 0 aromatic heterocycles. The van der Waals surface area contributed by atoms with Crippen LogP contribution in [-0.4, -0.2) is 52.5 Å². The Balaban J connectivity index is 2.55. The van der Waals surface area contributed by atoms with E-state index in [1.165, 1.54) is 4.90 Å². The zero-order valence-corrected chi connectivity index (χ0v) is 13.9. The van der Waals surface area contributed by atoms with Crippen LogP contribution >= 0.6 is 0 Å². The van der Waals surface area contributed by atoms with E-state index in [1.807, 2.05) is 0 Å². The highest BCUT2D eigenvalue weighted by molar-refractivity contribution is 6.53. The van der Waals surface area contributed by atoms with Gasteiger partial charge < -0.3 is 15.0 Å². The maximum atomic E-state index is 12.7. The van der Waals surface area contributed by atoms with E-state index in [4.69, 9.17) is 9.47 Å². The van der Waals surface area contributed by atoms with E-state index in [-0.39, 0.29) is 30.5 Å². The second kappa shape index (κ2) is 7.88. The molecule has 1 amide bonds. The van der Waals surface area contributed by atoms with E-state index in [9.17, 15) is 19.9 Å². The summed E-state index contributed by atoms with van der Waals surface area (Å²) in [7, 11) is 0. The lowest BCUT2D eigenvalue weighted by Crippen LogP contribution is -2.41. The number of carbonyl (C=O) groups is 3. The minimum absolute atomic E-state index is 0.0643. The lowest BCUT2D eigenvalue weighted by atomic mass is 9.94. The molecule has 0 unspecified atom stereocenters. The predicted molar refractivity (Wildman–Crippen MR) is 82.6 cm³/mol. The first-order valence-electron chi connectivity index (χ1n) is 8.21. The molecule has 1 saturated carbocycles. The van der Waals surface area contributed by atoms with Crippen LogP contribution in [0, 0.1) is 0 Å². The minimum atomic E-state index is -0.875. The first kappa shape index (κ1) is 17.9. The summed E-state index contributed by atoms with van der Waals surface area (Å²) < 4.78 is 9.94. The third-order valence-corrected chi connectivity index (χ3v) is 4.12. The molecule has 2 aliphatic rings. The first-order chi connectivity index (χ1) is 11.6. The van der Waals surface area contributed by atoms with Crippen LogP contribution in [-0.2, 0) is 23.9 Å². The van der Waals surface area contributed by atoms with Crippen LogP contribution in [0.15, 0.2) is 11.3 Å². The molecule has 0 N–H and O–H groups in total. The Kier molecular flexibility index (Phi) is 5.87. The minimum Gasteiger partial charge on any atom is -0.462 e. The average Bonchev–Trinajstić information content (AvgIpc) is 2.88. The lowest BCUT2D eigenvalue weighted by Gasteiger charge is -2.31. The Morgan fingerprint density at radius 3 is 2.25 bits per heavy atom. The molecule has 2 rings (SSSR count). The van der Waals surface area contributed by atoms with Crippen LogP contribution < -0.4 is 0 Å². The molecule has 8 heteroatoms. The third kappa shape index (κ3) is 3.23. The van der Waals surface area contributed by atoms with E-state index in [1.54, 1.807) is 13.8 Å². The Morgan fingerprint density at radius 1 is 1.12 bits per heavy atom. The normalized spacial score (nSPS) is 18.7.